The Hall–Kier alpha value is -2.43. The average Bonchev–Trinajstić information content (AvgIpc) is 2.95. The molecule has 0 atom stereocenters. The fourth-order valence-electron chi connectivity index (χ4n) is 3.41. The molecule has 0 bridgehead atoms. The summed E-state index contributed by atoms with van der Waals surface area (Å²) in [5.41, 5.74) is 2.68. The number of nitrogens with one attached hydrogen (secondary N) is 1. The molecule has 2 aromatic rings. The zero-order valence-electron chi connectivity index (χ0n) is 15.5. The van der Waals surface area contributed by atoms with Gasteiger partial charge in [0.25, 0.3) is 5.91 Å². The van der Waals surface area contributed by atoms with Gasteiger partial charge in [0.15, 0.2) is 0 Å². The molecule has 1 fully saturated rings. The summed E-state index contributed by atoms with van der Waals surface area (Å²) < 4.78 is 0. The van der Waals surface area contributed by atoms with Crippen molar-refractivity contribution in [3.05, 3.63) is 54.1 Å². The minimum absolute atomic E-state index is 0.0416. The zero-order chi connectivity index (χ0) is 18.2. The predicted molar refractivity (Wildman–Crippen MR) is 104 cm³/mol. The summed E-state index contributed by atoms with van der Waals surface area (Å²) in [6.07, 6.45) is 13.9. The summed E-state index contributed by atoms with van der Waals surface area (Å²) in [5.74, 6) is -0.0416. The molecule has 2 heterocycles. The van der Waals surface area contributed by atoms with Crippen LogP contribution in [0.25, 0.3) is 0 Å². The third-order valence-corrected chi connectivity index (χ3v) is 5.04. The normalized spacial score (nSPS) is 15.3. The van der Waals surface area contributed by atoms with E-state index in [2.05, 4.69) is 15.3 Å². The molecule has 1 N–H and O–H groups in total. The predicted octanol–water partition coefficient (Wildman–Crippen LogP) is 3.93. The van der Waals surface area contributed by atoms with Gasteiger partial charge in [-0.1, -0.05) is 25.7 Å². The maximum atomic E-state index is 12.5. The van der Waals surface area contributed by atoms with E-state index in [0.717, 1.165) is 12.1 Å². The van der Waals surface area contributed by atoms with E-state index < -0.39 is 0 Å². The van der Waals surface area contributed by atoms with Crippen molar-refractivity contribution in [1.29, 1.82) is 0 Å². The van der Waals surface area contributed by atoms with Gasteiger partial charge in [-0.05, 0) is 49.1 Å². The third-order valence-electron chi connectivity index (χ3n) is 5.04. The molecular weight excluding hydrogens is 324 g/mol. The molecule has 1 amide bonds. The lowest BCUT2D eigenvalue weighted by atomic mass is 10.1. The van der Waals surface area contributed by atoms with E-state index in [1.54, 1.807) is 23.5 Å². The molecule has 26 heavy (non-hydrogen) atoms. The highest BCUT2D eigenvalue weighted by atomic mass is 16.2. The minimum atomic E-state index is -0.0416. The van der Waals surface area contributed by atoms with Crippen LogP contribution in [0.4, 0.5) is 5.69 Å². The number of anilines is 1. The van der Waals surface area contributed by atoms with Gasteiger partial charge in [-0.3, -0.25) is 9.78 Å². The maximum Gasteiger partial charge on any atom is 0.272 e. The van der Waals surface area contributed by atoms with Crippen LogP contribution in [0.3, 0.4) is 0 Å². The standard InChI is InChI=1S/C21H28N4O/c1-25(15-12-17-10-13-22-14-11-17)21(26)20-9-8-19(16-23-20)24-18-6-4-2-3-5-7-18/h8-11,13-14,16,18,24H,2-7,12,15H2,1H3. The Kier molecular flexibility index (Phi) is 6.58. The fraction of sp³-hybridized carbons (Fsp3) is 0.476. The van der Waals surface area contributed by atoms with Crippen molar-refractivity contribution in [3.63, 3.8) is 0 Å². The Labute approximate surface area is 155 Å². The lowest BCUT2D eigenvalue weighted by Crippen LogP contribution is -2.29. The zero-order valence-corrected chi connectivity index (χ0v) is 15.5. The number of carbonyl (C=O) groups excluding carboxylic acids is 1. The van der Waals surface area contributed by atoms with Gasteiger partial charge in [0, 0.05) is 32.0 Å². The van der Waals surface area contributed by atoms with Gasteiger partial charge in [-0.25, -0.2) is 4.98 Å². The van der Waals surface area contributed by atoms with Crippen LogP contribution in [0.1, 0.15) is 54.6 Å². The van der Waals surface area contributed by atoms with E-state index in [4.69, 9.17) is 0 Å². The molecule has 138 valence electrons. The SMILES string of the molecule is CN(CCc1ccncc1)C(=O)c1ccc(NC2CCCCCC2)cn1. The number of hydrogen-bond acceptors (Lipinski definition) is 4. The molecule has 0 aromatic carbocycles. The molecule has 0 unspecified atom stereocenters. The molecule has 5 heteroatoms. The first kappa shape index (κ1) is 18.4. The van der Waals surface area contributed by atoms with Crippen molar-refractivity contribution in [2.45, 2.75) is 51.0 Å². The lowest BCUT2D eigenvalue weighted by Gasteiger charge is -2.19. The molecule has 0 spiro atoms. The van der Waals surface area contributed by atoms with Gasteiger partial charge in [-0.2, -0.15) is 0 Å². The second-order valence-corrected chi connectivity index (χ2v) is 7.10. The van der Waals surface area contributed by atoms with Crippen LogP contribution >= 0.6 is 0 Å². The summed E-state index contributed by atoms with van der Waals surface area (Å²) in [4.78, 5) is 22.7. The first-order chi connectivity index (χ1) is 12.7. The van der Waals surface area contributed by atoms with E-state index in [0.29, 0.717) is 18.3 Å². The van der Waals surface area contributed by atoms with E-state index >= 15 is 0 Å². The highest BCUT2D eigenvalue weighted by molar-refractivity contribution is 5.92. The van der Waals surface area contributed by atoms with Crippen molar-refractivity contribution in [2.24, 2.45) is 0 Å². The number of rotatable bonds is 6. The third kappa shape index (κ3) is 5.28. The molecule has 5 nitrogen and oxygen atoms in total. The summed E-state index contributed by atoms with van der Waals surface area (Å²) >= 11 is 0. The fourth-order valence-corrected chi connectivity index (χ4v) is 3.41. The Morgan fingerprint density at radius 2 is 1.85 bits per heavy atom. The van der Waals surface area contributed by atoms with E-state index in [1.807, 2.05) is 31.3 Å². The van der Waals surface area contributed by atoms with Crippen molar-refractivity contribution in [1.82, 2.24) is 14.9 Å². The number of amides is 1. The Bertz CT molecular complexity index is 679. The summed E-state index contributed by atoms with van der Waals surface area (Å²) in [6.45, 7) is 0.659. The Morgan fingerprint density at radius 3 is 2.50 bits per heavy atom. The van der Waals surface area contributed by atoms with Crippen molar-refractivity contribution >= 4 is 11.6 Å². The number of pyridine rings is 2. The second kappa shape index (κ2) is 9.32. The molecule has 1 aliphatic rings. The van der Waals surface area contributed by atoms with Crippen LogP contribution in [-0.4, -0.2) is 40.4 Å². The molecule has 0 aliphatic heterocycles. The summed E-state index contributed by atoms with van der Waals surface area (Å²) in [5, 5.41) is 3.57. The van der Waals surface area contributed by atoms with Crippen molar-refractivity contribution in [3.8, 4) is 0 Å². The smallest absolute Gasteiger partial charge is 0.272 e. The largest absolute Gasteiger partial charge is 0.381 e. The highest BCUT2D eigenvalue weighted by Crippen LogP contribution is 2.21. The molecule has 2 aromatic heterocycles. The van der Waals surface area contributed by atoms with Gasteiger partial charge >= 0.3 is 0 Å². The molecule has 1 saturated carbocycles. The number of hydrogen-bond donors (Lipinski definition) is 1. The van der Waals surface area contributed by atoms with Crippen LogP contribution in [0.2, 0.25) is 0 Å². The molecule has 0 saturated heterocycles. The van der Waals surface area contributed by atoms with E-state index in [1.165, 1.54) is 44.1 Å². The van der Waals surface area contributed by atoms with Crippen molar-refractivity contribution < 1.29 is 4.79 Å². The van der Waals surface area contributed by atoms with Crippen molar-refractivity contribution in [2.75, 3.05) is 18.9 Å². The molecule has 3 rings (SSSR count). The van der Waals surface area contributed by atoms with Crippen LogP contribution in [0.5, 0.6) is 0 Å². The number of nitrogens with zero attached hydrogens (tertiary/aromatic N) is 3. The second-order valence-electron chi connectivity index (χ2n) is 7.10. The van der Waals surface area contributed by atoms with Crippen LogP contribution < -0.4 is 5.32 Å². The Balaban J connectivity index is 1.52. The summed E-state index contributed by atoms with van der Waals surface area (Å²) in [6, 6.07) is 8.28. The van der Waals surface area contributed by atoms with Gasteiger partial charge in [0.05, 0.1) is 11.9 Å². The monoisotopic (exact) mass is 352 g/mol. The molecular formula is C21H28N4O. The van der Waals surface area contributed by atoms with E-state index in [9.17, 15) is 4.79 Å². The first-order valence-corrected chi connectivity index (χ1v) is 9.59. The van der Waals surface area contributed by atoms with Crippen LogP contribution in [0.15, 0.2) is 42.9 Å². The topological polar surface area (TPSA) is 58.1 Å². The lowest BCUT2D eigenvalue weighted by molar-refractivity contribution is 0.0791. The average molecular weight is 352 g/mol. The van der Waals surface area contributed by atoms with Gasteiger partial charge in [-0.15, -0.1) is 0 Å². The van der Waals surface area contributed by atoms with Gasteiger partial charge in [0.2, 0.25) is 0 Å². The van der Waals surface area contributed by atoms with Crippen LogP contribution in [-0.2, 0) is 6.42 Å². The molecule has 1 aliphatic carbocycles. The minimum Gasteiger partial charge on any atom is -0.381 e. The van der Waals surface area contributed by atoms with E-state index in [-0.39, 0.29) is 5.91 Å². The van der Waals surface area contributed by atoms with Crippen LogP contribution in [0, 0.1) is 0 Å². The molecule has 0 radical (unpaired) electrons. The number of carbonyl (C=O) groups is 1. The number of likely N-dealkylation sites (N-methyl/N-ethyl adjacent to an activating group) is 1. The number of aromatic nitrogens is 2. The van der Waals surface area contributed by atoms with Gasteiger partial charge in [0.1, 0.15) is 5.69 Å². The quantitative estimate of drug-likeness (QED) is 0.801. The maximum absolute atomic E-state index is 12.5. The Morgan fingerprint density at radius 1 is 1.12 bits per heavy atom. The first-order valence-electron chi connectivity index (χ1n) is 9.59. The van der Waals surface area contributed by atoms with Gasteiger partial charge < -0.3 is 10.2 Å². The highest BCUT2D eigenvalue weighted by Gasteiger charge is 2.15. The summed E-state index contributed by atoms with van der Waals surface area (Å²) in [7, 11) is 1.82.